The van der Waals surface area contributed by atoms with E-state index in [-0.39, 0.29) is 30.3 Å². The number of benzene rings is 1. The highest BCUT2D eigenvalue weighted by molar-refractivity contribution is 5.80. The summed E-state index contributed by atoms with van der Waals surface area (Å²) in [7, 11) is 0. The minimum absolute atomic E-state index is 0.179. The summed E-state index contributed by atoms with van der Waals surface area (Å²) < 4.78 is 5.03. The zero-order valence-corrected chi connectivity index (χ0v) is 12.4. The Labute approximate surface area is 127 Å². The first-order valence-electron chi connectivity index (χ1n) is 6.77. The van der Waals surface area contributed by atoms with Crippen LogP contribution >= 0.6 is 0 Å². The number of hydrogen-bond acceptors (Lipinski definition) is 6. The van der Waals surface area contributed by atoms with Crippen LogP contribution < -0.4 is 11.1 Å². The van der Waals surface area contributed by atoms with Crippen molar-refractivity contribution < 1.29 is 19.2 Å². The number of para-hydroxylation sites is 1. The number of hydrogen-bond donors (Lipinski definition) is 2. The molecule has 0 aromatic heterocycles. The fraction of sp³-hybridized carbons (Fsp3) is 0.429. The Morgan fingerprint density at radius 3 is 2.55 bits per heavy atom. The molecule has 1 aromatic carbocycles. The first-order chi connectivity index (χ1) is 10.3. The predicted octanol–water partition coefficient (Wildman–Crippen LogP) is 1.05. The second kappa shape index (κ2) is 8.08. The van der Waals surface area contributed by atoms with E-state index in [1.54, 1.807) is 19.9 Å². The predicted molar refractivity (Wildman–Crippen MR) is 78.9 cm³/mol. The molecule has 1 rings (SSSR count). The van der Waals surface area contributed by atoms with E-state index in [0.29, 0.717) is 0 Å². The van der Waals surface area contributed by atoms with Crippen molar-refractivity contribution >= 4 is 17.6 Å². The number of esters is 1. The van der Waals surface area contributed by atoms with E-state index < -0.39 is 22.8 Å². The van der Waals surface area contributed by atoms with Crippen molar-refractivity contribution in [2.75, 3.05) is 6.54 Å². The lowest BCUT2D eigenvalue weighted by molar-refractivity contribution is -0.385. The third-order valence-corrected chi connectivity index (χ3v) is 2.77. The first-order valence-corrected chi connectivity index (χ1v) is 6.77. The molecule has 8 nitrogen and oxygen atoms in total. The summed E-state index contributed by atoms with van der Waals surface area (Å²) in [5.41, 5.74) is 5.30. The van der Waals surface area contributed by atoms with Crippen molar-refractivity contribution in [2.24, 2.45) is 5.73 Å². The fourth-order valence-electron chi connectivity index (χ4n) is 1.92. The van der Waals surface area contributed by atoms with Crippen LogP contribution in [0.1, 0.15) is 31.9 Å². The highest BCUT2D eigenvalue weighted by atomic mass is 16.6. The van der Waals surface area contributed by atoms with Gasteiger partial charge in [-0.1, -0.05) is 18.2 Å². The maximum absolute atomic E-state index is 11.8. The van der Waals surface area contributed by atoms with Gasteiger partial charge in [0.25, 0.3) is 5.69 Å². The topological polar surface area (TPSA) is 125 Å². The van der Waals surface area contributed by atoms with Gasteiger partial charge < -0.3 is 15.8 Å². The van der Waals surface area contributed by atoms with Crippen molar-refractivity contribution in [3.63, 3.8) is 0 Å². The summed E-state index contributed by atoms with van der Waals surface area (Å²) in [5, 5.41) is 13.6. The Morgan fingerprint density at radius 2 is 2.00 bits per heavy atom. The SMILES string of the molecule is CC(C)OC(=O)CC(NC(=O)CN)c1ccccc1[N+](=O)[O-]. The maximum atomic E-state index is 11.8. The number of rotatable bonds is 7. The van der Waals surface area contributed by atoms with E-state index in [1.807, 2.05) is 0 Å². The number of carbonyl (C=O) groups excluding carboxylic acids is 2. The number of carbonyl (C=O) groups is 2. The molecule has 1 aromatic rings. The first kappa shape index (κ1) is 17.6. The van der Waals surface area contributed by atoms with Crippen molar-refractivity contribution in [1.29, 1.82) is 0 Å². The molecular formula is C14H19N3O5. The largest absolute Gasteiger partial charge is 0.463 e. The van der Waals surface area contributed by atoms with Crippen LogP contribution in [0.25, 0.3) is 0 Å². The van der Waals surface area contributed by atoms with Crippen LogP contribution in [-0.2, 0) is 14.3 Å². The molecular weight excluding hydrogens is 290 g/mol. The van der Waals surface area contributed by atoms with Crippen LogP contribution in [0.4, 0.5) is 5.69 Å². The van der Waals surface area contributed by atoms with Gasteiger partial charge in [-0.3, -0.25) is 19.7 Å². The van der Waals surface area contributed by atoms with Gasteiger partial charge in [0.15, 0.2) is 0 Å². The van der Waals surface area contributed by atoms with Gasteiger partial charge in [-0.05, 0) is 13.8 Å². The van der Waals surface area contributed by atoms with Crippen LogP contribution in [0, 0.1) is 10.1 Å². The van der Waals surface area contributed by atoms with E-state index in [0.717, 1.165) is 0 Å². The third kappa shape index (κ3) is 5.13. The number of nitrogens with one attached hydrogen (secondary N) is 1. The molecule has 0 bridgehead atoms. The van der Waals surface area contributed by atoms with Crippen molar-refractivity contribution in [2.45, 2.75) is 32.4 Å². The zero-order valence-electron chi connectivity index (χ0n) is 12.4. The lowest BCUT2D eigenvalue weighted by Crippen LogP contribution is -2.35. The second-order valence-electron chi connectivity index (χ2n) is 4.88. The highest BCUT2D eigenvalue weighted by Gasteiger charge is 2.26. The molecule has 0 saturated heterocycles. The van der Waals surface area contributed by atoms with Gasteiger partial charge in [0.05, 0.1) is 35.6 Å². The summed E-state index contributed by atoms with van der Waals surface area (Å²) in [4.78, 5) is 33.9. The average molecular weight is 309 g/mol. The minimum Gasteiger partial charge on any atom is -0.463 e. The number of nitro groups is 1. The van der Waals surface area contributed by atoms with E-state index >= 15 is 0 Å². The summed E-state index contributed by atoms with van der Waals surface area (Å²) in [6, 6.07) is 5.03. The highest BCUT2D eigenvalue weighted by Crippen LogP contribution is 2.27. The minimum atomic E-state index is -0.871. The molecule has 1 unspecified atom stereocenters. The Kier molecular flexibility index (Phi) is 6.46. The van der Waals surface area contributed by atoms with E-state index in [4.69, 9.17) is 10.5 Å². The standard InChI is InChI=1S/C14H19N3O5/c1-9(2)22-14(19)7-11(16-13(18)8-15)10-5-3-4-6-12(10)17(20)21/h3-6,9,11H,7-8,15H2,1-2H3,(H,16,18). The molecule has 0 aliphatic rings. The number of nitro benzene ring substituents is 1. The zero-order chi connectivity index (χ0) is 16.7. The van der Waals surface area contributed by atoms with Gasteiger partial charge in [0.1, 0.15) is 0 Å². The summed E-state index contributed by atoms with van der Waals surface area (Å²) in [5.74, 6) is -1.07. The molecule has 0 heterocycles. The maximum Gasteiger partial charge on any atom is 0.308 e. The Hall–Kier alpha value is -2.48. The molecule has 1 amide bonds. The monoisotopic (exact) mass is 309 g/mol. The van der Waals surface area contributed by atoms with Crippen LogP contribution in [-0.4, -0.2) is 29.4 Å². The lowest BCUT2D eigenvalue weighted by Gasteiger charge is -2.19. The summed E-state index contributed by atoms with van der Waals surface area (Å²) >= 11 is 0. The second-order valence-corrected chi connectivity index (χ2v) is 4.88. The van der Waals surface area contributed by atoms with Gasteiger partial charge >= 0.3 is 5.97 Å². The number of nitrogens with zero attached hydrogens (tertiary/aromatic N) is 1. The van der Waals surface area contributed by atoms with Crippen LogP contribution in [0.15, 0.2) is 24.3 Å². The number of nitrogens with two attached hydrogens (primary N) is 1. The molecule has 120 valence electrons. The van der Waals surface area contributed by atoms with Crippen LogP contribution in [0.5, 0.6) is 0 Å². The molecule has 8 heteroatoms. The summed E-state index contributed by atoms with van der Waals surface area (Å²) in [6.07, 6.45) is -0.529. The number of ether oxygens (including phenoxy) is 1. The van der Waals surface area contributed by atoms with Crippen molar-refractivity contribution in [3.8, 4) is 0 Å². The molecule has 1 atom stereocenters. The average Bonchev–Trinajstić information content (AvgIpc) is 2.45. The molecule has 0 aliphatic heterocycles. The fourth-order valence-corrected chi connectivity index (χ4v) is 1.92. The number of amides is 1. The molecule has 0 aliphatic carbocycles. The van der Waals surface area contributed by atoms with Gasteiger partial charge in [-0.15, -0.1) is 0 Å². The van der Waals surface area contributed by atoms with Gasteiger partial charge in [0, 0.05) is 6.07 Å². The molecule has 0 spiro atoms. The lowest BCUT2D eigenvalue weighted by atomic mass is 10.0. The Bertz CT molecular complexity index is 559. The molecule has 3 N–H and O–H groups in total. The van der Waals surface area contributed by atoms with E-state index in [2.05, 4.69) is 5.32 Å². The van der Waals surface area contributed by atoms with Gasteiger partial charge in [-0.2, -0.15) is 0 Å². The quantitative estimate of drug-likeness (QED) is 0.440. The van der Waals surface area contributed by atoms with Gasteiger partial charge in [0.2, 0.25) is 5.91 Å². The Balaban J connectivity index is 3.07. The third-order valence-electron chi connectivity index (χ3n) is 2.77. The van der Waals surface area contributed by atoms with Crippen molar-refractivity contribution in [3.05, 3.63) is 39.9 Å². The van der Waals surface area contributed by atoms with Crippen LogP contribution in [0.2, 0.25) is 0 Å². The molecule has 0 radical (unpaired) electrons. The van der Waals surface area contributed by atoms with Gasteiger partial charge in [-0.25, -0.2) is 0 Å². The molecule has 0 fully saturated rings. The van der Waals surface area contributed by atoms with Crippen LogP contribution in [0.3, 0.4) is 0 Å². The van der Waals surface area contributed by atoms with Crippen molar-refractivity contribution in [1.82, 2.24) is 5.32 Å². The summed E-state index contributed by atoms with van der Waals surface area (Å²) in [6.45, 7) is 3.10. The Morgan fingerprint density at radius 1 is 1.36 bits per heavy atom. The normalized spacial score (nSPS) is 11.8. The molecule has 0 saturated carbocycles. The van der Waals surface area contributed by atoms with E-state index in [9.17, 15) is 19.7 Å². The van der Waals surface area contributed by atoms with E-state index in [1.165, 1.54) is 18.2 Å². The molecule has 22 heavy (non-hydrogen) atoms. The smallest absolute Gasteiger partial charge is 0.308 e.